The normalized spacial score (nSPS) is 11.3. The number of hydrogen-bond acceptors (Lipinski definition) is 6. The summed E-state index contributed by atoms with van der Waals surface area (Å²) in [7, 11) is 0. The van der Waals surface area contributed by atoms with Crippen LogP contribution in [-0.4, -0.2) is 34.5 Å². The van der Waals surface area contributed by atoms with Gasteiger partial charge in [-0.3, -0.25) is 0 Å². The highest BCUT2D eigenvalue weighted by molar-refractivity contribution is 6.10. The summed E-state index contributed by atoms with van der Waals surface area (Å²) in [6.45, 7) is 4.33. The second-order valence-corrected chi connectivity index (χ2v) is 22.1. The molecule has 7 nitrogen and oxygen atoms in total. The molecule has 15 rings (SSSR count). The van der Waals surface area contributed by atoms with Gasteiger partial charge in [-0.1, -0.05) is 223 Å². The minimum atomic E-state index is 0.565. The molecule has 5 heterocycles. The molecule has 0 fully saturated rings. The van der Waals surface area contributed by atoms with Gasteiger partial charge in [-0.2, -0.15) is 0 Å². The van der Waals surface area contributed by atoms with Crippen LogP contribution in [0.1, 0.15) is 11.1 Å². The summed E-state index contributed by atoms with van der Waals surface area (Å²) in [4.78, 5) is 32.0. The topological polar surface area (TPSA) is 82.3 Å². The summed E-state index contributed by atoms with van der Waals surface area (Å²) < 4.78 is 2.38. The van der Waals surface area contributed by atoms with Crippen LogP contribution in [-0.2, 0) is 0 Å². The first kappa shape index (κ1) is 52.3. The molecule has 0 aliphatic carbocycles. The molecule has 7 heteroatoms. The van der Waals surface area contributed by atoms with Gasteiger partial charge in [-0.15, -0.1) is 0 Å². The Labute approximate surface area is 505 Å². The first-order valence-electron chi connectivity index (χ1n) is 29.3. The Hall–Kier alpha value is -11.5. The standard InChI is InChI=1S/C80H55N7/c1-52-33-41-76-68(43-52)69-44-53(2)34-42-77(69)87(76)65-38-35-54(36-39-65)67-45-61(37-40-66(67)80-85-78(59-29-17-7-18-30-59)84-79(86-80)60-31-19-8-20-32-60)62-46-74(63-48-70(55-21-9-3-10-22-55)81-71(49-63)56-23-11-4-12-24-56)83-75(47-62)64-50-72(57-25-13-5-14-26-57)82-73(51-64)58-27-15-6-16-28-58/h3-51H,1-2H3. The number of fused-ring (bicyclic) bond motifs is 3. The SMILES string of the molecule is Cc1ccc2c(c1)c1cc(C)ccc1n2-c1ccc(-c2cc(-c3cc(-c4cc(-c5ccccc5)nc(-c5ccccc5)c4)nc(-c4cc(-c5ccccc5)nc(-c5ccccc5)c4)c3)ccc2-c2nc(-c3ccccc3)nc(-c3ccccc3)n2)cc1. The lowest BCUT2D eigenvalue weighted by Crippen LogP contribution is -2.01. The number of benzene rings is 10. The molecular weight excluding hydrogens is 1060 g/mol. The molecule has 0 saturated carbocycles. The molecule has 0 atom stereocenters. The van der Waals surface area contributed by atoms with Crippen LogP contribution in [0.5, 0.6) is 0 Å². The Kier molecular flexibility index (Phi) is 13.6. The van der Waals surface area contributed by atoms with E-state index in [1.54, 1.807) is 0 Å². The summed E-state index contributed by atoms with van der Waals surface area (Å²) in [5.41, 5.74) is 23.4. The summed E-state index contributed by atoms with van der Waals surface area (Å²) in [5.74, 6) is 1.75. The summed E-state index contributed by atoms with van der Waals surface area (Å²) in [6, 6.07) is 104. The van der Waals surface area contributed by atoms with Crippen LogP contribution >= 0.6 is 0 Å². The molecule has 410 valence electrons. The fraction of sp³-hybridized carbons (Fsp3) is 0.0250. The van der Waals surface area contributed by atoms with Gasteiger partial charge in [0.1, 0.15) is 0 Å². The van der Waals surface area contributed by atoms with Crippen LogP contribution in [0.3, 0.4) is 0 Å². The molecule has 0 radical (unpaired) electrons. The lowest BCUT2D eigenvalue weighted by Gasteiger charge is -2.17. The first-order chi connectivity index (χ1) is 42.9. The van der Waals surface area contributed by atoms with Crippen molar-refractivity contribution in [1.29, 1.82) is 0 Å². The van der Waals surface area contributed by atoms with Crippen molar-refractivity contribution in [1.82, 2.24) is 34.5 Å². The lowest BCUT2D eigenvalue weighted by atomic mass is 9.92. The van der Waals surface area contributed by atoms with Crippen molar-refractivity contribution in [2.75, 3.05) is 0 Å². The number of rotatable bonds is 12. The highest BCUT2D eigenvalue weighted by Gasteiger charge is 2.21. The van der Waals surface area contributed by atoms with Gasteiger partial charge in [-0.05, 0) is 121 Å². The van der Waals surface area contributed by atoms with Gasteiger partial charge in [0, 0.05) is 66.5 Å². The zero-order chi connectivity index (χ0) is 58.2. The molecule has 10 aromatic carbocycles. The van der Waals surface area contributed by atoms with E-state index >= 15 is 0 Å². The van der Waals surface area contributed by atoms with Crippen molar-refractivity contribution in [3.8, 4) is 130 Å². The van der Waals surface area contributed by atoms with E-state index in [2.05, 4.69) is 255 Å². The summed E-state index contributed by atoms with van der Waals surface area (Å²) in [5, 5.41) is 2.47. The van der Waals surface area contributed by atoms with E-state index in [1.807, 2.05) is 60.7 Å². The molecule has 0 aliphatic rings. The molecule has 15 aromatic rings. The fourth-order valence-corrected chi connectivity index (χ4v) is 11.8. The van der Waals surface area contributed by atoms with Crippen LogP contribution in [0.4, 0.5) is 0 Å². The number of pyridine rings is 3. The molecule has 0 bridgehead atoms. The molecule has 0 amide bonds. The monoisotopic (exact) mass is 1110 g/mol. The lowest BCUT2D eigenvalue weighted by molar-refractivity contribution is 1.07. The minimum Gasteiger partial charge on any atom is -0.309 e. The molecule has 0 aliphatic heterocycles. The van der Waals surface area contributed by atoms with Crippen LogP contribution in [0, 0.1) is 13.8 Å². The average Bonchev–Trinajstić information content (AvgIpc) is 4.09. The maximum absolute atomic E-state index is 5.66. The third-order valence-electron chi connectivity index (χ3n) is 16.2. The van der Waals surface area contributed by atoms with Gasteiger partial charge in [0.15, 0.2) is 17.5 Å². The number of aromatic nitrogens is 7. The second-order valence-electron chi connectivity index (χ2n) is 22.1. The van der Waals surface area contributed by atoms with Gasteiger partial charge in [0.2, 0.25) is 0 Å². The average molecular weight is 1110 g/mol. The van der Waals surface area contributed by atoms with Gasteiger partial charge in [0.05, 0.1) is 45.2 Å². The molecule has 5 aromatic heterocycles. The maximum Gasteiger partial charge on any atom is 0.164 e. The van der Waals surface area contributed by atoms with Crippen molar-refractivity contribution in [2.24, 2.45) is 0 Å². The third-order valence-corrected chi connectivity index (χ3v) is 16.2. The van der Waals surface area contributed by atoms with Crippen LogP contribution in [0.25, 0.3) is 151 Å². The van der Waals surface area contributed by atoms with E-state index in [4.69, 9.17) is 29.9 Å². The van der Waals surface area contributed by atoms with Gasteiger partial charge < -0.3 is 4.57 Å². The molecule has 0 spiro atoms. The predicted octanol–water partition coefficient (Wildman–Crippen LogP) is 20.1. The quantitative estimate of drug-likeness (QED) is 0.121. The Morgan fingerprint density at radius 2 is 0.552 bits per heavy atom. The van der Waals surface area contributed by atoms with Crippen molar-refractivity contribution >= 4 is 21.8 Å². The van der Waals surface area contributed by atoms with Crippen LogP contribution < -0.4 is 0 Å². The predicted molar refractivity (Wildman–Crippen MR) is 357 cm³/mol. The van der Waals surface area contributed by atoms with Crippen molar-refractivity contribution in [3.63, 3.8) is 0 Å². The Morgan fingerprint density at radius 1 is 0.218 bits per heavy atom. The molecular formula is C80H55N7. The fourth-order valence-electron chi connectivity index (χ4n) is 11.8. The van der Waals surface area contributed by atoms with Crippen LogP contribution in [0.2, 0.25) is 0 Å². The van der Waals surface area contributed by atoms with Crippen molar-refractivity contribution < 1.29 is 0 Å². The van der Waals surface area contributed by atoms with E-state index < -0.39 is 0 Å². The maximum atomic E-state index is 5.66. The first-order valence-corrected chi connectivity index (χ1v) is 29.3. The third kappa shape index (κ3) is 10.4. The summed E-state index contributed by atoms with van der Waals surface area (Å²) >= 11 is 0. The number of nitrogens with zero attached hydrogens (tertiary/aromatic N) is 7. The Balaban J connectivity index is 0.969. The highest BCUT2D eigenvalue weighted by Crippen LogP contribution is 2.41. The van der Waals surface area contributed by atoms with Crippen molar-refractivity contribution in [2.45, 2.75) is 13.8 Å². The van der Waals surface area contributed by atoms with E-state index in [-0.39, 0.29) is 0 Å². The van der Waals surface area contributed by atoms with Crippen molar-refractivity contribution in [3.05, 3.63) is 308 Å². The largest absolute Gasteiger partial charge is 0.309 e. The number of hydrogen-bond donors (Lipinski definition) is 0. The van der Waals surface area contributed by atoms with E-state index in [9.17, 15) is 0 Å². The smallest absolute Gasteiger partial charge is 0.164 e. The zero-order valence-electron chi connectivity index (χ0n) is 47.9. The van der Waals surface area contributed by atoms with Gasteiger partial charge in [-0.25, -0.2) is 29.9 Å². The number of aryl methyl sites for hydroxylation is 2. The molecule has 0 unspecified atom stereocenters. The van der Waals surface area contributed by atoms with Gasteiger partial charge in [0.25, 0.3) is 0 Å². The van der Waals surface area contributed by atoms with Gasteiger partial charge >= 0.3 is 0 Å². The van der Waals surface area contributed by atoms with E-state index in [1.165, 1.54) is 21.9 Å². The minimum absolute atomic E-state index is 0.565. The molecule has 0 saturated heterocycles. The summed E-state index contributed by atoms with van der Waals surface area (Å²) in [6.07, 6.45) is 0. The Morgan fingerprint density at radius 3 is 0.943 bits per heavy atom. The zero-order valence-corrected chi connectivity index (χ0v) is 47.9. The van der Waals surface area contributed by atoms with E-state index in [0.29, 0.717) is 17.5 Å². The Bertz CT molecular complexity index is 4630. The van der Waals surface area contributed by atoms with Crippen LogP contribution in [0.15, 0.2) is 297 Å². The second kappa shape index (κ2) is 22.6. The highest BCUT2D eigenvalue weighted by atomic mass is 15.0. The molecule has 87 heavy (non-hydrogen) atoms. The molecule has 0 N–H and O–H groups in total. The van der Waals surface area contributed by atoms with E-state index in [0.717, 1.165) is 123 Å².